The van der Waals surface area contributed by atoms with Gasteiger partial charge in [0.05, 0.1) is 17.0 Å². The number of carbonyl (C=O) groups excluding carboxylic acids is 2. The molecule has 0 radical (unpaired) electrons. The summed E-state index contributed by atoms with van der Waals surface area (Å²) in [4.78, 5) is 37.9. The third-order valence-electron chi connectivity index (χ3n) is 4.80. The number of ether oxygens (including phenoxy) is 1. The highest BCUT2D eigenvalue weighted by Gasteiger charge is 2.16. The van der Waals surface area contributed by atoms with Gasteiger partial charge >= 0.3 is 5.97 Å². The highest BCUT2D eigenvalue weighted by atomic mass is 16.5. The molecule has 11 nitrogen and oxygen atoms in total. The molecule has 4 heterocycles. The van der Waals surface area contributed by atoms with Crippen LogP contribution in [-0.2, 0) is 9.53 Å². The van der Waals surface area contributed by atoms with E-state index in [0.717, 1.165) is 22.8 Å². The molecule has 0 spiro atoms. The van der Waals surface area contributed by atoms with Gasteiger partial charge in [-0.3, -0.25) is 4.79 Å². The van der Waals surface area contributed by atoms with Gasteiger partial charge < -0.3 is 10.1 Å². The first kappa shape index (κ1) is 22.8. The zero-order chi connectivity index (χ0) is 24.4. The summed E-state index contributed by atoms with van der Waals surface area (Å²) < 4.78 is 8.28. The molecule has 174 valence electrons. The van der Waals surface area contributed by atoms with E-state index in [-0.39, 0.29) is 5.56 Å². The van der Waals surface area contributed by atoms with Gasteiger partial charge in [-0.2, -0.15) is 14.9 Å². The Balaban J connectivity index is 1.40. The van der Waals surface area contributed by atoms with Gasteiger partial charge in [0.1, 0.15) is 5.82 Å². The van der Waals surface area contributed by atoms with E-state index in [4.69, 9.17) is 4.74 Å². The van der Waals surface area contributed by atoms with Crippen LogP contribution in [0.5, 0.6) is 0 Å². The van der Waals surface area contributed by atoms with Crippen molar-refractivity contribution in [1.29, 1.82) is 0 Å². The summed E-state index contributed by atoms with van der Waals surface area (Å²) >= 11 is 0. The van der Waals surface area contributed by atoms with Crippen LogP contribution in [0.1, 0.15) is 38.8 Å². The number of esters is 1. The number of aryl methyl sites for hydroxylation is 5. The van der Waals surface area contributed by atoms with Crippen LogP contribution in [0.2, 0.25) is 0 Å². The highest BCUT2D eigenvalue weighted by molar-refractivity contribution is 5.95. The Morgan fingerprint density at radius 2 is 1.56 bits per heavy atom. The van der Waals surface area contributed by atoms with Gasteiger partial charge in [0.2, 0.25) is 0 Å². The number of nitrogens with one attached hydrogen (secondary N) is 1. The molecule has 0 aliphatic heterocycles. The molecule has 0 fully saturated rings. The molecule has 0 aliphatic rings. The number of rotatable bonds is 6. The van der Waals surface area contributed by atoms with Gasteiger partial charge in [0.15, 0.2) is 12.4 Å². The van der Waals surface area contributed by atoms with E-state index in [1.807, 2.05) is 39.8 Å². The van der Waals surface area contributed by atoms with Crippen molar-refractivity contribution in [1.82, 2.24) is 34.5 Å². The Morgan fingerprint density at radius 3 is 2.18 bits per heavy atom. The molecule has 0 unspecified atom stereocenters. The molecule has 4 rings (SSSR count). The number of pyridine rings is 1. The molecule has 4 aromatic rings. The Hall–Kier alpha value is -4.41. The molecule has 0 atom stereocenters. The van der Waals surface area contributed by atoms with Crippen molar-refractivity contribution in [3.63, 3.8) is 0 Å². The van der Waals surface area contributed by atoms with Crippen LogP contribution >= 0.6 is 0 Å². The first-order valence-corrected chi connectivity index (χ1v) is 10.6. The quantitative estimate of drug-likeness (QED) is 0.435. The molecule has 11 heteroatoms. The minimum absolute atomic E-state index is 0.225. The minimum Gasteiger partial charge on any atom is -0.452 e. The van der Waals surface area contributed by atoms with Gasteiger partial charge in [-0.05, 0) is 58.9 Å². The number of nitrogens with zero attached hydrogens (tertiary/aromatic N) is 7. The lowest BCUT2D eigenvalue weighted by Gasteiger charge is -2.09. The second-order valence-electron chi connectivity index (χ2n) is 7.90. The molecule has 0 bridgehead atoms. The van der Waals surface area contributed by atoms with Gasteiger partial charge in [-0.25, -0.2) is 24.4 Å². The van der Waals surface area contributed by atoms with E-state index in [2.05, 4.69) is 30.5 Å². The van der Waals surface area contributed by atoms with Gasteiger partial charge in [-0.1, -0.05) is 0 Å². The van der Waals surface area contributed by atoms with E-state index in [1.165, 1.54) is 10.9 Å². The van der Waals surface area contributed by atoms with E-state index in [0.29, 0.717) is 23.3 Å². The predicted octanol–water partition coefficient (Wildman–Crippen LogP) is 2.58. The first-order valence-electron chi connectivity index (χ1n) is 10.6. The Morgan fingerprint density at radius 1 is 0.882 bits per heavy atom. The number of hydrogen-bond acceptors (Lipinski definition) is 8. The zero-order valence-corrected chi connectivity index (χ0v) is 19.5. The molecule has 0 aliphatic carbocycles. The summed E-state index contributed by atoms with van der Waals surface area (Å²) in [6.07, 6.45) is 1.39. The van der Waals surface area contributed by atoms with Crippen molar-refractivity contribution < 1.29 is 14.3 Å². The largest absolute Gasteiger partial charge is 0.452 e. The molecular weight excluding hydrogens is 436 g/mol. The van der Waals surface area contributed by atoms with E-state index in [9.17, 15) is 9.59 Å². The predicted molar refractivity (Wildman–Crippen MR) is 123 cm³/mol. The van der Waals surface area contributed by atoms with E-state index in [1.54, 1.807) is 29.8 Å². The molecule has 0 saturated carbocycles. The maximum atomic E-state index is 12.5. The summed E-state index contributed by atoms with van der Waals surface area (Å²) in [7, 11) is 0. The summed E-state index contributed by atoms with van der Waals surface area (Å²) in [6.45, 7) is 8.83. The van der Waals surface area contributed by atoms with Crippen molar-refractivity contribution in [2.24, 2.45) is 0 Å². The minimum atomic E-state index is -0.662. The second-order valence-corrected chi connectivity index (χ2v) is 7.90. The third-order valence-corrected chi connectivity index (χ3v) is 4.80. The summed E-state index contributed by atoms with van der Waals surface area (Å²) in [6, 6.07) is 8.71. The number of aromatic nitrogens is 7. The van der Waals surface area contributed by atoms with Gasteiger partial charge in [-0.15, -0.1) is 0 Å². The van der Waals surface area contributed by atoms with Crippen LogP contribution < -0.4 is 5.32 Å². The van der Waals surface area contributed by atoms with Crippen molar-refractivity contribution in [2.75, 3.05) is 11.9 Å². The second kappa shape index (κ2) is 9.22. The lowest BCUT2D eigenvalue weighted by molar-refractivity contribution is -0.119. The van der Waals surface area contributed by atoms with Crippen molar-refractivity contribution >= 4 is 17.7 Å². The number of amides is 1. The fraction of sp³-hybridized carbons (Fsp3) is 0.261. The van der Waals surface area contributed by atoms with E-state index >= 15 is 0 Å². The van der Waals surface area contributed by atoms with Gasteiger partial charge in [0.25, 0.3) is 11.9 Å². The van der Waals surface area contributed by atoms with Gasteiger partial charge in [0, 0.05) is 29.3 Å². The normalized spacial score (nSPS) is 10.9. The summed E-state index contributed by atoms with van der Waals surface area (Å²) in [5.41, 5.74) is 4.25. The molecule has 0 aromatic carbocycles. The molecular formula is C23H24N8O3. The van der Waals surface area contributed by atoms with Crippen LogP contribution in [0.15, 0.2) is 36.5 Å². The Labute approximate surface area is 195 Å². The van der Waals surface area contributed by atoms with E-state index < -0.39 is 18.5 Å². The molecule has 34 heavy (non-hydrogen) atoms. The maximum absolute atomic E-state index is 12.5. The van der Waals surface area contributed by atoms with Crippen molar-refractivity contribution in [3.05, 3.63) is 70.6 Å². The van der Waals surface area contributed by atoms with Crippen LogP contribution in [0, 0.1) is 34.6 Å². The fourth-order valence-corrected chi connectivity index (χ4v) is 3.43. The third kappa shape index (κ3) is 4.98. The average Bonchev–Trinajstić information content (AvgIpc) is 3.32. The SMILES string of the molecule is Cc1cc(C)nc(-n2nc(C)cc2NC(=O)COC(=O)c2ccc(-n3nc(C)cc3C)nc2)n1. The highest BCUT2D eigenvalue weighted by Crippen LogP contribution is 2.16. The number of carbonyl (C=O) groups is 2. The number of hydrogen-bond donors (Lipinski definition) is 1. The Kier molecular flexibility index (Phi) is 6.17. The van der Waals surface area contributed by atoms with Crippen molar-refractivity contribution in [2.45, 2.75) is 34.6 Å². The average molecular weight is 460 g/mol. The lowest BCUT2D eigenvalue weighted by atomic mass is 10.3. The van der Waals surface area contributed by atoms with Crippen LogP contribution in [0.4, 0.5) is 5.82 Å². The molecule has 4 aromatic heterocycles. The zero-order valence-electron chi connectivity index (χ0n) is 19.5. The van der Waals surface area contributed by atoms with Crippen LogP contribution in [-0.4, -0.2) is 53.0 Å². The smallest absolute Gasteiger partial charge is 0.340 e. The van der Waals surface area contributed by atoms with Crippen LogP contribution in [0.25, 0.3) is 11.8 Å². The monoisotopic (exact) mass is 460 g/mol. The number of anilines is 1. The lowest BCUT2D eigenvalue weighted by Crippen LogP contribution is -2.23. The molecule has 1 N–H and O–H groups in total. The van der Waals surface area contributed by atoms with Crippen LogP contribution in [0.3, 0.4) is 0 Å². The summed E-state index contributed by atoms with van der Waals surface area (Å²) in [5, 5.41) is 11.4. The summed E-state index contributed by atoms with van der Waals surface area (Å²) in [5.74, 6) is 0.110. The van der Waals surface area contributed by atoms with Crippen molar-refractivity contribution in [3.8, 4) is 11.8 Å². The fourth-order valence-electron chi connectivity index (χ4n) is 3.43. The molecule has 1 amide bonds. The first-order chi connectivity index (χ1) is 16.2. The topological polar surface area (TPSA) is 130 Å². The standard InChI is InChI=1S/C23H24N8O3/c1-13-8-14(2)26-23(25-13)31-20(10-16(4)29-31)27-21(32)12-34-22(33)18-6-7-19(24-11-18)30-17(5)9-15(3)28-30/h6-11H,12H2,1-5H3,(H,27,32). The molecule has 0 saturated heterocycles. The Bertz CT molecular complexity index is 1350. The maximum Gasteiger partial charge on any atom is 0.340 e.